The van der Waals surface area contributed by atoms with E-state index in [0.29, 0.717) is 17.1 Å². The van der Waals surface area contributed by atoms with Gasteiger partial charge in [0.1, 0.15) is 23.0 Å². The van der Waals surface area contributed by atoms with Gasteiger partial charge in [-0.05, 0) is 62.2 Å². The molecule has 0 amide bonds. The van der Waals surface area contributed by atoms with Gasteiger partial charge in [0.2, 0.25) is 0 Å². The third-order valence-corrected chi connectivity index (χ3v) is 3.52. The van der Waals surface area contributed by atoms with E-state index in [4.69, 9.17) is 5.73 Å². The average molecular weight is 269 g/mol. The van der Waals surface area contributed by atoms with Gasteiger partial charge in [-0.3, -0.25) is 4.40 Å². The number of anilines is 1. The van der Waals surface area contributed by atoms with Crippen molar-refractivity contribution in [2.45, 2.75) is 20.8 Å². The highest BCUT2D eigenvalue weighted by atomic mass is 19.1. The van der Waals surface area contributed by atoms with E-state index in [-0.39, 0.29) is 5.82 Å². The van der Waals surface area contributed by atoms with Crippen molar-refractivity contribution in [3.05, 3.63) is 53.0 Å². The van der Waals surface area contributed by atoms with Crippen molar-refractivity contribution < 1.29 is 4.39 Å². The Hall–Kier alpha value is -2.36. The second-order valence-corrected chi connectivity index (χ2v) is 5.18. The second kappa shape index (κ2) is 4.34. The van der Waals surface area contributed by atoms with E-state index in [1.165, 1.54) is 6.07 Å². The highest BCUT2D eigenvalue weighted by molar-refractivity contribution is 5.75. The van der Waals surface area contributed by atoms with Crippen LogP contribution in [0.3, 0.4) is 0 Å². The third kappa shape index (κ3) is 1.84. The smallest absolute Gasteiger partial charge is 0.139 e. The molecule has 3 nitrogen and oxygen atoms in total. The van der Waals surface area contributed by atoms with Crippen molar-refractivity contribution in [2.24, 2.45) is 0 Å². The minimum absolute atomic E-state index is 0.219. The number of fused-ring (bicyclic) bond motifs is 1. The SMILES string of the molecule is Cc1cc(C)n2c(N)c(-c3ccc(F)c(C)c3)nc2c1. The monoisotopic (exact) mass is 269 g/mol. The molecule has 3 rings (SSSR count). The van der Waals surface area contributed by atoms with Gasteiger partial charge in [-0.1, -0.05) is 0 Å². The summed E-state index contributed by atoms with van der Waals surface area (Å²) >= 11 is 0. The molecule has 0 bridgehead atoms. The van der Waals surface area contributed by atoms with Crippen LogP contribution in [0, 0.1) is 26.6 Å². The first kappa shape index (κ1) is 12.7. The maximum atomic E-state index is 13.4. The predicted molar refractivity (Wildman–Crippen MR) is 79.2 cm³/mol. The van der Waals surface area contributed by atoms with Gasteiger partial charge < -0.3 is 5.73 Å². The number of benzene rings is 1. The van der Waals surface area contributed by atoms with E-state index in [1.807, 2.05) is 24.3 Å². The fourth-order valence-corrected chi connectivity index (χ4v) is 2.56. The average Bonchev–Trinajstić information content (AvgIpc) is 2.70. The number of hydrogen-bond donors (Lipinski definition) is 1. The molecule has 2 aromatic heterocycles. The Labute approximate surface area is 116 Å². The van der Waals surface area contributed by atoms with Crippen LogP contribution in [0.2, 0.25) is 0 Å². The van der Waals surface area contributed by atoms with Gasteiger partial charge in [0.25, 0.3) is 0 Å². The fraction of sp³-hybridized carbons (Fsp3) is 0.188. The van der Waals surface area contributed by atoms with E-state index in [2.05, 4.69) is 11.1 Å². The molecule has 0 unspecified atom stereocenters. The molecule has 0 aliphatic carbocycles. The van der Waals surface area contributed by atoms with Gasteiger partial charge in [0.05, 0.1) is 0 Å². The highest BCUT2D eigenvalue weighted by Crippen LogP contribution is 2.29. The Morgan fingerprint density at radius 2 is 1.85 bits per heavy atom. The van der Waals surface area contributed by atoms with Crippen LogP contribution in [0.4, 0.5) is 10.2 Å². The van der Waals surface area contributed by atoms with Crippen LogP contribution in [-0.4, -0.2) is 9.38 Å². The van der Waals surface area contributed by atoms with Crippen molar-refractivity contribution in [1.29, 1.82) is 0 Å². The highest BCUT2D eigenvalue weighted by Gasteiger charge is 2.14. The topological polar surface area (TPSA) is 43.3 Å². The van der Waals surface area contributed by atoms with Crippen LogP contribution < -0.4 is 5.73 Å². The number of rotatable bonds is 1. The van der Waals surface area contributed by atoms with E-state index >= 15 is 0 Å². The van der Waals surface area contributed by atoms with Crippen LogP contribution in [-0.2, 0) is 0 Å². The van der Waals surface area contributed by atoms with E-state index < -0.39 is 0 Å². The molecule has 0 spiro atoms. The normalized spacial score (nSPS) is 11.2. The second-order valence-electron chi connectivity index (χ2n) is 5.18. The molecular formula is C16H16FN3. The van der Waals surface area contributed by atoms with Crippen molar-refractivity contribution in [3.63, 3.8) is 0 Å². The van der Waals surface area contributed by atoms with Gasteiger partial charge in [-0.25, -0.2) is 9.37 Å². The number of imidazole rings is 1. The fourth-order valence-electron chi connectivity index (χ4n) is 2.56. The Bertz CT molecular complexity index is 818. The number of pyridine rings is 1. The lowest BCUT2D eigenvalue weighted by molar-refractivity contribution is 0.619. The first-order valence-electron chi connectivity index (χ1n) is 6.49. The lowest BCUT2D eigenvalue weighted by atomic mass is 10.1. The number of hydrogen-bond acceptors (Lipinski definition) is 2. The van der Waals surface area contributed by atoms with Crippen LogP contribution in [0.1, 0.15) is 16.8 Å². The maximum Gasteiger partial charge on any atom is 0.139 e. The summed E-state index contributed by atoms with van der Waals surface area (Å²) in [6.45, 7) is 5.76. The zero-order chi connectivity index (χ0) is 14.4. The Kier molecular flexibility index (Phi) is 2.74. The summed E-state index contributed by atoms with van der Waals surface area (Å²) in [5, 5.41) is 0. The minimum atomic E-state index is -0.219. The molecule has 4 heteroatoms. The maximum absolute atomic E-state index is 13.4. The summed E-state index contributed by atoms with van der Waals surface area (Å²) in [5.41, 5.74) is 11.3. The number of halogens is 1. The quantitative estimate of drug-likeness (QED) is 0.732. The molecule has 2 heterocycles. The van der Waals surface area contributed by atoms with Gasteiger partial charge in [0, 0.05) is 11.3 Å². The summed E-state index contributed by atoms with van der Waals surface area (Å²) in [5.74, 6) is 0.367. The molecule has 2 N–H and O–H groups in total. The first-order valence-corrected chi connectivity index (χ1v) is 6.49. The summed E-state index contributed by atoms with van der Waals surface area (Å²) in [7, 11) is 0. The van der Waals surface area contributed by atoms with Crippen molar-refractivity contribution in [2.75, 3.05) is 5.73 Å². The van der Waals surface area contributed by atoms with Gasteiger partial charge >= 0.3 is 0 Å². The van der Waals surface area contributed by atoms with E-state index in [9.17, 15) is 4.39 Å². The van der Waals surface area contributed by atoms with Gasteiger partial charge in [-0.15, -0.1) is 0 Å². The van der Waals surface area contributed by atoms with Crippen molar-refractivity contribution in [3.8, 4) is 11.3 Å². The third-order valence-electron chi connectivity index (χ3n) is 3.52. The van der Waals surface area contributed by atoms with Crippen LogP contribution in [0.15, 0.2) is 30.3 Å². The Morgan fingerprint density at radius 1 is 1.10 bits per heavy atom. The summed E-state index contributed by atoms with van der Waals surface area (Å²) < 4.78 is 15.3. The standard InChI is InChI=1S/C16H16FN3/c1-9-6-11(3)20-14(7-9)19-15(16(20)18)12-4-5-13(17)10(2)8-12/h4-8H,18H2,1-3H3. The lowest BCUT2D eigenvalue weighted by Gasteiger charge is -2.04. The van der Waals surface area contributed by atoms with Crippen molar-refractivity contribution >= 4 is 11.5 Å². The predicted octanol–water partition coefficient (Wildman–Crippen LogP) is 3.65. The molecule has 1 aromatic carbocycles. The molecular weight excluding hydrogens is 253 g/mol. The summed E-state index contributed by atoms with van der Waals surface area (Å²) in [4.78, 5) is 4.59. The molecule has 0 saturated heterocycles. The summed E-state index contributed by atoms with van der Waals surface area (Å²) in [6, 6.07) is 8.98. The molecule has 3 aromatic rings. The zero-order valence-corrected chi connectivity index (χ0v) is 11.7. The number of nitrogen functional groups attached to an aromatic ring is 1. The van der Waals surface area contributed by atoms with Crippen LogP contribution >= 0.6 is 0 Å². The Balaban J connectivity index is 2.29. The molecule has 20 heavy (non-hydrogen) atoms. The largest absolute Gasteiger partial charge is 0.383 e. The molecule has 0 fully saturated rings. The summed E-state index contributed by atoms with van der Waals surface area (Å²) in [6.07, 6.45) is 0. The van der Waals surface area contributed by atoms with Gasteiger partial charge in [-0.2, -0.15) is 0 Å². The molecule has 0 aliphatic rings. The number of aryl methyl sites for hydroxylation is 3. The first-order chi connectivity index (χ1) is 9.47. The number of nitrogens with two attached hydrogens (primary N) is 1. The molecule has 0 aliphatic heterocycles. The van der Waals surface area contributed by atoms with Crippen LogP contribution in [0.5, 0.6) is 0 Å². The molecule has 0 atom stereocenters. The number of nitrogens with zero attached hydrogens (tertiary/aromatic N) is 2. The van der Waals surface area contributed by atoms with Crippen LogP contribution in [0.25, 0.3) is 16.9 Å². The molecule has 102 valence electrons. The zero-order valence-electron chi connectivity index (χ0n) is 11.7. The lowest BCUT2D eigenvalue weighted by Crippen LogP contribution is -1.98. The minimum Gasteiger partial charge on any atom is -0.383 e. The van der Waals surface area contributed by atoms with Gasteiger partial charge in [0.15, 0.2) is 0 Å². The molecule has 0 saturated carbocycles. The number of aromatic nitrogens is 2. The Morgan fingerprint density at radius 3 is 2.55 bits per heavy atom. The molecule has 0 radical (unpaired) electrons. The van der Waals surface area contributed by atoms with E-state index in [1.54, 1.807) is 19.1 Å². The van der Waals surface area contributed by atoms with E-state index in [0.717, 1.165) is 22.5 Å². The van der Waals surface area contributed by atoms with Crippen molar-refractivity contribution in [1.82, 2.24) is 9.38 Å².